The Balaban J connectivity index is 1.57. The first-order chi connectivity index (χ1) is 11.3. The fraction of sp³-hybridized carbons (Fsp3) is 0.556. The van der Waals surface area contributed by atoms with E-state index >= 15 is 0 Å². The second-order valence-electron chi connectivity index (χ2n) is 7.43. The van der Waals surface area contributed by atoms with Gasteiger partial charge < -0.3 is 19.0 Å². The van der Waals surface area contributed by atoms with Crippen LogP contribution in [0.1, 0.15) is 27.2 Å². The summed E-state index contributed by atoms with van der Waals surface area (Å²) in [6.45, 7) is 7.91. The zero-order valence-electron chi connectivity index (χ0n) is 14.8. The molecule has 6 heteroatoms. The summed E-state index contributed by atoms with van der Waals surface area (Å²) in [6.07, 6.45) is 0.735. The summed E-state index contributed by atoms with van der Waals surface area (Å²) in [5, 5.41) is 0. The lowest BCUT2D eigenvalue weighted by Gasteiger charge is -2.25. The maximum absolute atomic E-state index is 12.1. The number of carbonyl (C=O) groups excluding carboxylic acids is 1. The van der Waals surface area contributed by atoms with Crippen LogP contribution in [0.2, 0.25) is 0 Å². The Morgan fingerprint density at radius 1 is 1.42 bits per heavy atom. The van der Waals surface area contributed by atoms with Gasteiger partial charge in [0.2, 0.25) is 0 Å². The molecular weight excluding hydrogens is 306 g/mol. The molecule has 130 valence electrons. The lowest BCUT2D eigenvalue weighted by atomic mass is 10.1. The van der Waals surface area contributed by atoms with Gasteiger partial charge in [-0.2, -0.15) is 4.98 Å². The van der Waals surface area contributed by atoms with Crippen LogP contribution in [0.3, 0.4) is 0 Å². The largest absolute Gasteiger partial charge is 0.444 e. The summed E-state index contributed by atoms with van der Waals surface area (Å²) >= 11 is 0. The number of benzene rings is 1. The monoisotopic (exact) mass is 331 g/mol. The van der Waals surface area contributed by atoms with E-state index in [0.29, 0.717) is 18.5 Å². The standard InChI is InChI=1S/C18H25N3O3/c1-18(2,3)24-17(22)21-10-9-13(12-21)11-20(4)16-19-14-7-5-6-8-15(14)23-16/h5-8,13H,9-12H2,1-4H3/t13-/m1/s1. The maximum atomic E-state index is 12.1. The van der Waals surface area contributed by atoms with Crippen LogP contribution in [0.25, 0.3) is 11.1 Å². The minimum atomic E-state index is -0.454. The van der Waals surface area contributed by atoms with Crippen LogP contribution in [0.5, 0.6) is 0 Å². The summed E-state index contributed by atoms with van der Waals surface area (Å²) < 4.78 is 11.2. The minimum absolute atomic E-state index is 0.227. The highest BCUT2D eigenvalue weighted by Gasteiger charge is 2.30. The zero-order valence-corrected chi connectivity index (χ0v) is 14.8. The van der Waals surface area contributed by atoms with E-state index in [1.807, 2.05) is 57.0 Å². The Bertz CT molecular complexity index is 687. The number of oxazole rings is 1. The van der Waals surface area contributed by atoms with E-state index in [4.69, 9.17) is 9.15 Å². The first-order valence-electron chi connectivity index (χ1n) is 8.36. The van der Waals surface area contributed by atoms with Gasteiger partial charge in [-0.3, -0.25) is 0 Å². The van der Waals surface area contributed by atoms with E-state index in [0.717, 1.165) is 30.6 Å². The van der Waals surface area contributed by atoms with Gasteiger partial charge in [0.25, 0.3) is 6.01 Å². The van der Waals surface area contributed by atoms with Gasteiger partial charge >= 0.3 is 6.09 Å². The normalized spacial score (nSPS) is 18.2. The molecule has 0 spiro atoms. The molecule has 1 amide bonds. The van der Waals surface area contributed by atoms with Crippen LogP contribution >= 0.6 is 0 Å². The van der Waals surface area contributed by atoms with Gasteiger partial charge in [0.1, 0.15) is 11.1 Å². The molecule has 6 nitrogen and oxygen atoms in total. The number of ether oxygens (including phenoxy) is 1. The van der Waals surface area contributed by atoms with Gasteiger partial charge in [0, 0.05) is 26.7 Å². The fourth-order valence-corrected chi connectivity index (χ4v) is 2.96. The van der Waals surface area contributed by atoms with Crippen LogP contribution in [0.4, 0.5) is 10.8 Å². The Morgan fingerprint density at radius 3 is 2.88 bits per heavy atom. The molecule has 2 heterocycles. The van der Waals surface area contributed by atoms with Gasteiger partial charge in [-0.15, -0.1) is 0 Å². The molecule has 2 aromatic rings. The molecule has 1 aliphatic rings. The third kappa shape index (κ3) is 3.80. The topological polar surface area (TPSA) is 58.8 Å². The third-order valence-electron chi connectivity index (χ3n) is 4.08. The molecule has 0 N–H and O–H groups in total. The lowest BCUT2D eigenvalue weighted by molar-refractivity contribution is 0.0288. The second kappa shape index (κ2) is 6.34. The van der Waals surface area contributed by atoms with Crippen molar-refractivity contribution in [1.82, 2.24) is 9.88 Å². The molecule has 1 saturated heterocycles. The van der Waals surface area contributed by atoms with Crippen molar-refractivity contribution in [3.05, 3.63) is 24.3 Å². The first-order valence-corrected chi connectivity index (χ1v) is 8.36. The minimum Gasteiger partial charge on any atom is -0.444 e. The van der Waals surface area contributed by atoms with E-state index in [2.05, 4.69) is 4.98 Å². The molecule has 1 fully saturated rings. The summed E-state index contributed by atoms with van der Waals surface area (Å²) in [6, 6.07) is 8.36. The summed E-state index contributed by atoms with van der Waals surface area (Å²) in [5.74, 6) is 0.387. The Morgan fingerprint density at radius 2 is 2.17 bits per heavy atom. The highest BCUT2D eigenvalue weighted by atomic mass is 16.6. The first kappa shape index (κ1) is 16.6. The molecule has 3 rings (SSSR count). The Labute approximate surface area is 142 Å². The van der Waals surface area contributed by atoms with Gasteiger partial charge in [-0.1, -0.05) is 12.1 Å². The van der Waals surface area contributed by atoms with Gasteiger partial charge in [-0.25, -0.2) is 4.79 Å². The molecule has 0 aliphatic carbocycles. The number of rotatable bonds is 3. The highest BCUT2D eigenvalue weighted by Crippen LogP contribution is 2.24. The van der Waals surface area contributed by atoms with Crippen LogP contribution in [0.15, 0.2) is 28.7 Å². The van der Waals surface area contributed by atoms with Crippen molar-refractivity contribution < 1.29 is 13.9 Å². The van der Waals surface area contributed by atoms with Crippen molar-refractivity contribution in [2.24, 2.45) is 5.92 Å². The van der Waals surface area contributed by atoms with Crippen LogP contribution in [-0.4, -0.2) is 48.3 Å². The molecule has 1 aromatic heterocycles. The molecule has 1 aromatic carbocycles. The second-order valence-corrected chi connectivity index (χ2v) is 7.43. The van der Waals surface area contributed by atoms with Gasteiger partial charge in [0.05, 0.1) is 0 Å². The number of nitrogens with zero attached hydrogens (tertiary/aromatic N) is 3. The Hall–Kier alpha value is -2.24. The van der Waals surface area contributed by atoms with Crippen molar-refractivity contribution in [2.45, 2.75) is 32.8 Å². The quantitative estimate of drug-likeness (QED) is 0.861. The van der Waals surface area contributed by atoms with Crippen molar-refractivity contribution in [3.63, 3.8) is 0 Å². The van der Waals surface area contributed by atoms with E-state index < -0.39 is 5.60 Å². The smallest absolute Gasteiger partial charge is 0.410 e. The van der Waals surface area contributed by atoms with E-state index in [9.17, 15) is 4.79 Å². The zero-order chi connectivity index (χ0) is 17.3. The average Bonchev–Trinajstić information content (AvgIpc) is 3.11. The Kier molecular flexibility index (Phi) is 4.39. The molecular formula is C18H25N3O3. The molecule has 0 bridgehead atoms. The number of amides is 1. The van der Waals surface area contributed by atoms with Gasteiger partial charge in [0.15, 0.2) is 5.58 Å². The maximum Gasteiger partial charge on any atom is 0.410 e. The number of carbonyl (C=O) groups is 1. The summed E-state index contributed by atoms with van der Waals surface area (Å²) in [4.78, 5) is 20.5. The number of aromatic nitrogens is 1. The van der Waals surface area contributed by atoms with Crippen molar-refractivity contribution in [1.29, 1.82) is 0 Å². The average molecular weight is 331 g/mol. The van der Waals surface area contributed by atoms with Crippen LogP contribution in [0, 0.1) is 5.92 Å². The third-order valence-corrected chi connectivity index (χ3v) is 4.08. The number of anilines is 1. The summed E-state index contributed by atoms with van der Waals surface area (Å²) in [7, 11) is 1.97. The predicted octanol–water partition coefficient (Wildman–Crippen LogP) is 3.52. The lowest BCUT2D eigenvalue weighted by Crippen LogP contribution is -2.36. The van der Waals surface area contributed by atoms with E-state index in [1.165, 1.54) is 0 Å². The van der Waals surface area contributed by atoms with Crippen LogP contribution < -0.4 is 4.90 Å². The van der Waals surface area contributed by atoms with E-state index in [1.54, 1.807) is 4.90 Å². The summed E-state index contributed by atoms with van der Waals surface area (Å²) in [5.41, 5.74) is 1.20. The SMILES string of the molecule is CN(C[C@H]1CCN(C(=O)OC(C)(C)C)C1)c1nc2ccccc2o1. The molecule has 0 saturated carbocycles. The number of likely N-dealkylation sites (tertiary alicyclic amines) is 1. The molecule has 24 heavy (non-hydrogen) atoms. The predicted molar refractivity (Wildman–Crippen MR) is 93.2 cm³/mol. The molecule has 1 aliphatic heterocycles. The van der Waals surface area contributed by atoms with E-state index in [-0.39, 0.29) is 6.09 Å². The number of hydrogen-bond acceptors (Lipinski definition) is 5. The van der Waals surface area contributed by atoms with Crippen molar-refractivity contribution >= 4 is 23.2 Å². The molecule has 0 radical (unpaired) electrons. The van der Waals surface area contributed by atoms with Gasteiger partial charge in [-0.05, 0) is 45.2 Å². The fourth-order valence-electron chi connectivity index (χ4n) is 2.96. The van der Waals surface area contributed by atoms with Crippen molar-refractivity contribution in [3.8, 4) is 0 Å². The number of hydrogen-bond donors (Lipinski definition) is 0. The number of para-hydroxylation sites is 2. The molecule has 1 atom stereocenters. The van der Waals surface area contributed by atoms with Crippen LogP contribution in [-0.2, 0) is 4.74 Å². The van der Waals surface area contributed by atoms with Crippen molar-refractivity contribution in [2.75, 3.05) is 31.6 Å². The molecule has 0 unspecified atom stereocenters. The highest BCUT2D eigenvalue weighted by molar-refractivity contribution is 5.74. The number of fused-ring (bicyclic) bond motifs is 1.